The second-order valence-electron chi connectivity index (χ2n) is 5.30. The number of nitrogens with zero attached hydrogens (tertiary/aromatic N) is 3. The van der Waals surface area contributed by atoms with Crippen LogP contribution in [-0.4, -0.2) is 21.5 Å². The Morgan fingerprint density at radius 1 is 1.05 bits per heavy atom. The van der Waals surface area contributed by atoms with Crippen molar-refractivity contribution < 1.29 is 0 Å². The number of rotatable bonds is 6. The van der Waals surface area contributed by atoms with Crippen LogP contribution in [0.4, 0.5) is 5.82 Å². The molecule has 0 spiro atoms. The third kappa shape index (κ3) is 4.00. The average molecular weight is 284 g/mol. The molecule has 0 saturated heterocycles. The lowest BCUT2D eigenvalue weighted by molar-refractivity contribution is 0.905. The van der Waals surface area contributed by atoms with Gasteiger partial charge in [-0.25, -0.2) is 4.98 Å². The van der Waals surface area contributed by atoms with Crippen molar-refractivity contribution in [1.29, 1.82) is 0 Å². The zero-order valence-corrected chi connectivity index (χ0v) is 13.4. The van der Waals surface area contributed by atoms with Crippen LogP contribution in [0.15, 0.2) is 18.3 Å². The first-order valence-corrected chi connectivity index (χ1v) is 7.65. The van der Waals surface area contributed by atoms with Crippen molar-refractivity contribution >= 4 is 5.82 Å². The van der Waals surface area contributed by atoms with Crippen LogP contribution in [0, 0.1) is 13.8 Å². The van der Waals surface area contributed by atoms with Gasteiger partial charge in [-0.05, 0) is 38.3 Å². The van der Waals surface area contributed by atoms with Gasteiger partial charge in [0.05, 0.1) is 17.1 Å². The van der Waals surface area contributed by atoms with E-state index in [1.807, 2.05) is 20.0 Å². The quantitative estimate of drug-likeness (QED) is 0.882. The van der Waals surface area contributed by atoms with Crippen LogP contribution in [0.5, 0.6) is 0 Å². The number of pyridine rings is 1. The van der Waals surface area contributed by atoms with E-state index < -0.39 is 0 Å². The molecule has 0 unspecified atom stereocenters. The lowest BCUT2D eigenvalue weighted by Crippen LogP contribution is -2.10. The maximum Gasteiger partial charge on any atom is 0.148 e. The highest BCUT2D eigenvalue weighted by molar-refractivity contribution is 5.43. The third-order valence-electron chi connectivity index (χ3n) is 3.56. The van der Waals surface area contributed by atoms with Gasteiger partial charge in [0.1, 0.15) is 5.82 Å². The fraction of sp³-hybridized carbons (Fsp3) is 0.471. The molecule has 0 aliphatic rings. The second-order valence-corrected chi connectivity index (χ2v) is 5.30. The van der Waals surface area contributed by atoms with Gasteiger partial charge in [-0.3, -0.25) is 9.97 Å². The highest BCUT2D eigenvalue weighted by atomic mass is 15.0. The summed E-state index contributed by atoms with van der Waals surface area (Å²) in [5, 5.41) is 3.37. The number of hydrogen-bond donors (Lipinski definition) is 1. The lowest BCUT2D eigenvalue weighted by atomic mass is 10.1. The van der Waals surface area contributed by atoms with Crippen LogP contribution in [0.25, 0.3) is 0 Å². The van der Waals surface area contributed by atoms with Crippen molar-refractivity contribution in [3.05, 3.63) is 46.7 Å². The molecule has 2 heterocycles. The predicted octanol–water partition coefficient (Wildman–Crippen LogP) is 3.46. The number of hydrogen-bond acceptors (Lipinski definition) is 4. The Kier molecular flexibility index (Phi) is 5.26. The molecular weight excluding hydrogens is 260 g/mol. The Hall–Kier alpha value is -1.97. The van der Waals surface area contributed by atoms with E-state index in [4.69, 9.17) is 4.98 Å². The summed E-state index contributed by atoms with van der Waals surface area (Å²) in [6.45, 7) is 9.19. The van der Waals surface area contributed by atoms with Crippen LogP contribution in [0.3, 0.4) is 0 Å². The standard InChI is InChI=1S/C17H24N4/c1-5-9-18-17-16(20-12(3)13(4)21-17)10-15-8-7-14(6-2)11-19-15/h7-8,11H,5-6,9-10H2,1-4H3,(H,18,21). The Morgan fingerprint density at radius 2 is 1.81 bits per heavy atom. The van der Waals surface area contributed by atoms with E-state index >= 15 is 0 Å². The summed E-state index contributed by atoms with van der Waals surface area (Å²) in [6.07, 6.45) is 4.74. The zero-order valence-electron chi connectivity index (χ0n) is 13.4. The number of aryl methyl sites for hydroxylation is 3. The molecule has 0 amide bonds. The first kappa shape index (κ1) is 15.4. The van der Waals surface area contributed by atoms with Crippen molar-refractivity contribution in [3.63, 3.8) is 0 Å². The molecule has 0 aliphatic carbocycles. The molecular formula is C17H24N4. The monoisotopic (exact) mass is 284 g/mol. The molecule has 4 heteroatoms. The molecule has 2 aromatic rings. The van der Waals surface area contributed by atoms with Crippen LogP contribution >= 0.6 is 0 Å². The molecule has 0 atom stereocenters. The van der Waals surface area contributed by atoms with Crippen molar-refractivity contribution in [2.75, 3.05) is 11.9 Å². The van der Waals surface area contributed by atoms with Crippen molar-refractivity contribution in [1.82, 2.24) is 15.0 Å². The van der Waals surface area contributed by atoms with E-state index in [-0.39, 0.29) is 0 Å². The van der Waals surface area contributed by atoms with Gasteiger partial charge in [0, 0.05) is 24.9 Å². The van der Waals surface area contributed by atoms with E-state index in [1.54, 1.807) is 0 Å². The molecule has 0 aromatic carbocycles. The second kappa shape index (κ2) is 7.16. The van der Waals surface area contributed by atoms with Crippen LogP contribution in [0.1, 0.15) is 48.6 Å². The van der Waals surface area contributed by atoms with Gasteiger partial charge >= 0.3 is 0 Å². The van der Waals surface area contributed by atoms with Gasteiger partial charge in [-0.2, -0.15) is 0 Å². The van der Waals surface area contributed by atoms with E-state index in [0.717, 1.165) is 48.0 Å². The molecule has 112 valence electrons. The third-order valence-corrected chi connectivity index (χ3v) is 3.56. The van der Waals surface area contributed by atoms with Crippen LogP contribution in [0.2, 0.25) is 0 Å². The normalized spacial score (nSPS) is 10.7. The van der Waals surface area contributed by atoms with E-state index in [1.165, 1.54) is 5.56 Å². The fourth-order valence-corrected chi connectivity index (χ4v) is 2.10. The molecule has 2 rings (SSSR count). The summed E-state index contributed by atoms with van der Waals surface area (Å²) in [5.41, 5.74) is 5.23. The van der Waals surface area contributed by atoms with Gasteiger partial charge in [0.15, 0.2) is 0 Å². The molecule has 4 nitrogen and oxygen atoms in total. The number of nitrogens with one attached hydrogen (secondary N) is 1. The first-order chi connectivity index (χ1) is 10.1. The summed E-state index contributed by atoms with van der Waals surface area (Å²) in [7, 11) is 0. The average Bonchev–Trinajstić information content (AvgIpc) is 2.50. The summed E-state index contributed by atoms with van der Waals surface area (Å²) in [4.78, 5) is 13.9. The predicted molar refractivity (Wildman–Crippen MR) is 86.7 cm³/mol. The first-order valence-electron chi connectivity index (χ1n) is 7.65. The molecule has 0 bridgehead atoms. The largest absolute Gasteiger partial charge is 0.369 e. The SMILES string of the molecule is CCCNc1nc(C)c(C)nc1Cc1ccc(CC)cn1. The molecule has 0 saturated carbocycles. The Balaban J connectivity index is 2.25. The topological polar surface area (TPSA) is 50.7 Å². The van der Waals surface area contributed by atoms with E-state index in [9.17, 15) is 0 Å². The molecule has 0 radical (unpaired) electrons. The maximum atomic E-state index is 4.70. The minimum absolute atomic E-state index is 0.712. The molecule has 1 N–H and O–H groups in total. The highest BCUT2D eigenvalue weighted by Crippen LogP contribution is 2.17. The van der Waals surface area contributed by atoms with Crippen molar-refractivity contribution in [2.45, 2.75) is 47.0 Å². The number of anilines is 1. The summed E-state index contributed by atoms with van der Waals surface area (Å²) in [5.74, 6) is 0.890. The zero-order chi connectivity index (χ0) is 15.2. The summed E-state index contributed by atoms with van der Waals surface area (Å²) >= 11 is 0. The maximum absolute atomic E-state index is 4.70. The fourth-order valence-electron chi connectivity index (χ4n) is 2.10. The minimum atomic E-state index is 0.712. The summed E-state index contributed by atoms with van der Waals surface area (Å²) in [6, 6.07) is 4.22. The lowest BCUT2D eigenvalue weighted by Gasteiger charge is -2.12. The van der Waals surface area contributed by atoms with Crippen molar-refractivity contribution in [2.24, 2.45) is 0 Å². The van der Waals surface area contributed by atoms with Crippen molar-refractivity contribution in [3.8, 4) is 0 Å². The Morgan fingerprint density at radius 3 is 2.43 bits per heavy atom. The van der Waals surface area contributed by atoms with Crippen LogP contribution in [-0.2, 0) is 12.8 Å². The molecule has 21 heavy (non-hydrogen) atoms. The summed E-state index contributed by atoms with van der Waals surface area (Å²) < 4.78 is 0. The molecule has 2 aromatic heterocycles. The molecule has 0 fully saturated rings. The van der Waals surface area contributed by atoms with Gasteiger partial charge in [0.2, 0.25) is 0 Å². The van der Waals surface area contributed by atoms with Gasteiger partial charge in [-0.1, -0.05) is 19.9 Å². The Labute approximate surface area is 127 Å². The van der Waals surface area contributed by atoms with Gasteiger partial charge < -0.3 is 5.32 Å². The van der Waals surface area contributed by atoms with Crippen LogP contribution < -0.4 is 5.32 Å². The van der Waals surface area contributed by atoms with E-state index in [2.05, 4.69) is 41.3 Å². The highest BCUT2D eigenvalue weighted by Gasteiger charge is 2.10. The Bertz CT molecular complexity index is 590. The number of aromatic nitrogens is 3. The van der Waals surface area contributed by atoms with Gasteiger partial charge in [-0.15, -0.1) is 0 Å². The molecule has 0 aliphatic heterocycles. The van der Waals surface area contributed by atoms with E-state index in [0.29, 0.717) is 6.42 Å². The van der Waals surface area contributed by atoms with Gasteiger partial charge in [0.25, 0.3) is 0 Å². The smallest absolute Gasteiger partial charge is 0.148 e. The minimum Gasteiger partial charge on any atom is -0.369 e.